The van der Waals surface area contributed by atoms with E-state index in [0.29, 0.717) is 6.92 Å². The third-order valence-corrected chi connectivity index (χ3v) is 3.67. The van der Waals surface area contributed by atoms with Crippen molar-refractivity contribution < 1.29 is 88.9 Å². The summed E-state index contributed by atoms with van der Waals surface area (Å²) in [6, 6.07) is -3.69. The largest absolute Gasteiger partial charge is 0.460 e. The molecule has 0 aromatic heterocycles. The Labute approximate surface area is 182 Å². The van der Waals surface area contributed by atoms with Crippen LogP contribution in [0.15, 0.2) is 24.0 Å². The standard InChI is InChI=1S/C15H9F17O3/c1-4(2)8(33)35-5(3)34-7(17)6(16)9(18,19)10(20,21)11(22,23)12(24,25)13(26,27)14(28,29)15(30,31)32/h5H,1H2,2-3H3. The summed E-state index contributed by atoms with van der Waals surface area (Å²) in [6.45, 7) is 4.19. The molecule has 0 saturated carbocycles. The molecule has 0 aliphatic carbocycles. The van der Waals surface area contributed by atoms with Gasteiger partial charge in [-0.1, -0.05) is 6.58 Å². The summed E-state index contributed by atoms with van der Waals surface area (Å²) in [4.78, 5) is 11.1. The van der Waals surface area contributed by atoms with Crippen LogP contribution in [0.4, 0.5) is 74.6 Å². The quantitative estimate of drug-likeness (QED) is 0.0955. The number of carbonyl (C=O) groups is 1. The third-order valence-electron chi connectivity index (χ3n) is 3.67. The lowest BCUT2D eigenvalue weighted by Crippen LogP contribution is -2.72. The lowest BCUT2D eigenvalue weighted by Gasteiger charge is -2.41. The molecule has 0 rings (SSSR count). The normalized spacial score (nSPS) is 16.4. The van der Waals surface area contributed by atoms with Crippen LogP contribution < -0.4 is 0 Å². The van der Waals surface area contributed by atoms with E-state index in [-0.39, 0.29) is 0 Å². The Morgan fingerprint density at radius 2 is 1.00 bits per heavy atom. The van der Waals surface area contributed by atoms with Gasteiger partial charge in [0.2, 0.25) is 12.1 Å². The third kappa shape index (κ3) is 5.10. The highest BCUT2D eigenvalue weighted by molar-refractivity contribution is 5.86. The number of esters is 1. The van der Waals surface area contributed by atoms with E-state index in [4.69, 9.17) is 0 Å². The molecule has 0 N–H and O–H groups in total. The Balaban J connectivity index is 6.52. The van der Waals surface area contributed by atoms with Crippen molar-refractivity contribution in [1.82, 2.24) is 0 Å². The highest BCUT2D eigenvalue weighted by atomic mass is 19.4. The van der Waals surface area contributed by atoms with Gasteiger partial charge in [0, 0.05) is 12.5 Å². The minimum atomic E-state index is -8.67. The highest BCUT2D eigenvalue weighted by Gasteiger charge is 2.93. The molecule has 0 amide bonds. The number of carbonyl (C=O) groups excluding carboxylic acids is 1. The molecule has 0 aromatic rings. The lowest BCUT2D eigenvalue weighted by atomic mass is 9.91. The van der Waals surface area contributed by atoms with Gasteiger partial charge < -0.3 is 9.47 Å². The van der Waals surface area contributed by atoms with Gasteiger partial charge in [0.25, 0.3) is 0 Å². The van der Waals surface area contributed by atoms with E-state index in [1.165, 1.54) is 0 Å². The molecule has 0 aliphatic heterocycles. The first kappa shape index (κ1) is 32.6. The van der Waals surface area contributed by atoms with E-state index in [9.17, 15) is 79.4 Å². The van der Waals surface area contributed by atoms with Crippen LogP contribution in [-0.4, -0.2) is 54.0 Å². The van der Waals surface area contributed by atoms with Crippen LogP contribution in [0.1, 0.15) is 13.8 Å². The molecule has 0 saturated heterocycles. The van der Waals surface area contributed by atoms with Gasteiger partial charge in [0.1, 0.15) is 0 Å². The fraction of sp³-hybridized carbons (Fsp3) is 0.667. The SMILES string of the molecule is C=C(C)C(=O)OC(C)OC(F)=C(F)C(F)(F)C(F)(F)C(F)(F)C(F)(F)C(F)(F)C(F)(F)C(F)(F)F. The van der Waals surface area contributed by atoms with E-state index in [1.807, 2.05) is 0 Å². The van der Waals surface area contributed by atoms with Crippen LogP contribution in [0.5, 0.6) is 0 Å². The van der Waals surface area contributed by atoms with Crippen molar-refractivity contribution in [2.75, 3.05) is 0 Å². The summed E-state index contributed by atoms with van der Waals surface area (Å²) in [5.41, 5.74) is -0.513. The van der Waals surface area contributed by atoms with Gasteiger partial charge in [0.15, 0.2) is 0 Å². The molecule has 206 valence electrons. The average molecular weight is 560 g/mol. The number of alkyl halides is 15. The molecular weight excluding hydrogens is 551 g/mol. The maximum Gasteiger partial charge on any atom is 0.460 e. The van der Waals surface area contributed by atoms with Crippen LogP contribution in [-0.2, 0) is 14.3 Å². The molecule has 1 atom stereocenters. The monoisotopic (exact) mass is 560 g/mol. The maximum atomic E-state index is 13.5. The fourth-order valence-electron chi connectivity index (χ4n) is 1.70. The maximum absolute atomic E-state index is 13.5. The van der Waals surface area contributed by atoms with Gasteiger partial charge in [-0.2, -0.15) is 74.6 Å². The highest BCUT2D eigenvalue weighted by Crippen LogP contribution is 2.63. The molecule has 0 spiro atoms. The Morgan fingerprint density at radius 3 is 1.34 bits per heavy atom. The second kappa shape index (κ2) is 9.21. The topological polar surface area (TPSA) is 35.5 Å². The zero-order valence-corrected chi connectivity index (χ0v) is 16.4. The summed E-state index contributed by atoms with van der Waals surface area (Å²) in [5.74, 6) is -56.1. The summed E-state index contributed by atoms with van der Waals surface area (Å²) < 4.78 is 229. The molecule has 0 aromatic carbocycles. The Morgan fingerprint density at radius 1 is 0.657 bits per heavy atom. The number of rotatable bonds is 10. The fourth-order valence-corrected chi connectivity index (χ4v) is 1.70. The van der Waals surface area contributed by atoms with Crippen LogP contribution in [0.2, 0.25) is 0 Å². The Bertz CT molecular complexity index is 855. The van der Waals surface area contributed by atoms with Gasteiger partial charge in [0.05, 0.1) is 0 Å². The van der Waals surface area contributed by atoms with Crippen molar-refractivity contribution in [2.45, 2.75) is 61.8 Å². The molecule has 0 aliphatic rings. The van der Waals surface area contributed by atoms with Gasteiger partial charge in [-0.15, -0.1) is 0 Å². The van der Waals surface area contributed by atoms with E-state index in [0.717, 1.165) is 6.92 Å². The van der Waals surface area contributed by atoms with Gasteiger partial charge in [-0.3, -0.25) is 0 Å². The number of allylic oxidation sites excluding steroid dienone is 1. The van der Waals surface area contributed by atoms with E-state index in [2.05, 4.69) is 16.1 Å². The zero-order valence-electron chi connectivity index (χ0n) is 16.4. The predicted octanol–water partition coefficient (Wildman–Crippen LogP) is 6.95. The minimum Gasteiger partial charge on any atom is -0.429 e. The first-order valence-corrected chi connectivity index (χ1v) is 7.98. The van der Waals surface area contributed by atoms with Gasteiger partial charge >= 0.3 is 53.7 Å². The Kier molecular flexibility index (Phi) is 8.57. The number of hydrogen-bond acceptors (Lipinski definition) is 3. The molecule has 0 fully saturated rings. The van der Waals surface area contributed by atoms with Crippen molar-refractivity contribution in [2.24, 2.45) is 0 Å². The smallest absolute Gasteiger partial charge is 0.429 e. The van der Waals surface area contributed by atoms with Crippen LogP contribution in [0.3, 0.4) is 0 Å². The molecule has 3 nitrogen and oxygen atoms in total. The van der Waals surface area contributed by atoms with E-state index in [1.54, 1.807) is 0 Å². The molecule has 0 heterocycles. The molecule has 35 heavy (non-hydrogen) atoms. The molecule has 0 radical (unpaired) electrons. The summed E-state index contributed by atoms with van der Waals surface area (Å²) in [5, 5.41) is 0. The molecule has 0 bridgehead atoms. The zero-order chi connectivity index (χ0) is 28.8. The van der Waals surface area contributed by atoms with Crippen molar-refractivity contribution in [1.29, 1.82) is 0 Å². The summed E-state index contributed by atoms with van der Waals surface area (Å²) in [6.07, 6.45) is -10.4. The van der Waals surface area contributed by atoms with Crippen LogP contribution >= 0.6 is 0 Å². The molecule has 20 heteroatoms. The summed E-state index contributed by atoms with van der Waals surface area (Å²) in [7, 11) is 0. The molecular formula is C15H9F17O3. The second-order valence-corrected chi connectivity index (χ2v) is 6.40. The van der Waals surface area contributed by atoms with Crippen molar-refractivity contribution in [3.63, 3.8) is 0 Å². The van der Waals surface area contributed by atoms with Crippen LogP contribution in [0.25, 0.3) is 0 Å². The number of ether oxygens (including phenoxy) is 2. The van der Waals surface area contributed by atoms with E-state index < -0.39 is 71.4 Å². The van der Waals surface area contributed by atoms with Crippen LogP contribution in [0, 0.1) is 0 Å². The minimum absolute atomic E-state index is 0.354. The Hall–Kier alpha value is -2.44. The average Bonchev–Trinajstić information content (AvgIpc) is 2.65. The van der Waals surface area contributed by atoms with Gasteiger partial charge in [-0.25, -0.2) is 4.79 Å². The first-order valence-electron chi connectivity index (χ1n) is 7.98. The first-order chi connectivity index (χ1) is 15.1. The van der Waals surface area contributed by atoms with Crippen molar-refractivity contribution in [3.05, 3.63) is 24.0 Å². The number of halogens is 17. The lowest BCUT2D eigenvalue weighted by molar-refractivity contribution is -0.451. The molecule has 1 unspecified atom stereocenters. The van der Waals surface area contributed by atoms with Crippen molar-refractivity contribution >= 4 is 5.97 Å². The van der Waals surface area contributed by atoms with E-state index >= 15 is 0 Å². The summed E-state index contributed by atoms with van der Waals surface area (Å²) >= 11 is 0. The predicted molar refractivity (Wildman–Crippen MR) is 76.4 cm³/mol. The second-order valence-electron chi connectivity index (χ2n) is 6.40. The number of hydrogen-bond donors (Lipinski definition) is 0. The van der Waals surface area contributed by atoms with Crippen molar-refractivity contribution in [3.8, 4) is 0 Å². The van der Waals surface area contributed by atoms with Gasteiger partial charge in [-0.05, 0) is 6.92 Å².